The summed E-state index contributed by atoms with van der Waals surface area (Å²) in [6, 6.07) is 21.8. The smallest absolute Gasteiger partial charge is 0.115 e. The largest absolute Gasteiger partial charge is 0.508 e. The summed E-state index contributed by atoms with van der Waals surface area (Å²) in [6.07, 6.45) is 1.11. The Morgan fingerprint density at radius 3 is 1.76 bits per heavy atom. The van der Waals surface area contributed by atoms with Crippen LogP contribution in [0, 0.1) is 0 Å². The van der Waals surface area contributed by atoms with Crippen molar-refractivity contribution < 1.29 is 5.11 Å². The lowest BCUT2D eigenvalue weighted by molar-refractivity contribution is 0.475. The van der Waals surface area contributed by atoms with Gasteiger partial charge in [0.05, 0.1) is 0 Å². The van der Waals surface area contributed by atoms with Gasteiger partial charge in [0.25, 0.3) is 0 Å². The van der Waals surface area contributed by atoms with Crippen LogP contribution in [0.4, 0.5) is 0 Å². The zero-order chi connectivity index (χ0) is 21.0. The van der Waals surface area contributed by atoms with Gasteiger partial charge in [0, 0.05) is 5.92 Å². The summed E-state index contributed by atoms with van der Waals surface area (Å²) < 4.78 is 0. The van der Waals surface area contributed by atoms with E-state index >= 15 is 0 Å². The van der Waals surface area contributed by atoms with E-state index in [0.29, 0.717) is 5.75 Å². The van der Waals surface area contributed by atoms with Crippen molar-refractivity contribution in [2.45, 2.75) is 64.7 Å². The summed E-state index contributed by atoms with van der Waals surface area (Å²) in [7, 11) is 0. The van der Waals surface area contributed by atoms with E-state index in [1.807, 2.05) is 0 Å². The summed E-state index contributed by atoms with van der Waals surface area (Å²) in [5.41, 5.74) is 9.70. The molecule has 1 unspecified atom stereocenters. The minimum atomic E-state index is 0.110. The maximum Gasteiger partial charge on any atom is 0.115 e. The average molecular weight is 385 g/mol. The molecule has 29 heavy (non-hydrogen) atoms. The van der Waals surface area contributed by atoms with E-state index < -0.39 is 0 Å². The van der Waals surface area contributed by atoms with Crippen LogP contribution in [0.5, 0.6) is 5.75 Å². The molecule has 0 spiro atoms. The van der Waals surface area contributed by atoms with Crippen LogP contribution in [0.15, 0.2) is 60.7 Å². The molecule has 0 amide bonds. The molecule has 150 valence electrons. The van der Waals surface area contributed by atoms with E-state index in [2.05, 4.69) is 90.1 Å². The van der Waals surface area contributed by atoms with Gasteiger partial charge in [0.2, 0.25) is 0 Å². The topological polar surface area (TPSA) is 20.2 Å². The molecule has 1 nitrogen and oxygen atoms in total. The van der Waals surface area contributed by atoms with Gasteiger partial charge in [-0.3, -0.25) is 0 Å². The summed E-state index contributed by atoms with van der Waals surface area (Å²) in [6.45, 7) is 13.7. The average Bonchev–Trinajstić information content (AvgIpc) is 3.01. The normalized spacial score (nSPS) is 15.9. The van der Waals surface area contributed by atoms with E-state index in [-0.39, 0.29) is 16.7 Å². The van der Waals surface area contributed by atoms with Gasteiger partial charge in [-0.05, 0) is 68.3 Å². The number of phenolic OH excluding ortho intramolecular Hbond substituents is 1. The monoisotopic (exact) mass is 384 g/mol. The molecule has 0 heterocycles. The van der Waals surface area contributed by atoms with Crippen LogP contribution in [0.1, 0.15) is 81.7 Å². The lowest BCUT2D eigenvalue weighted by atomic mass is 9.79. The summed E-state index contributed by atoms with van der Waals surface area (Å²) in [5.74, 6) is 0.520. The summed E-state index contributed by atoms with van der Waals surface area (Å²) >= 11 is 0. The Morgan fingerprint density at radius 2 is 1.24 bits per heavy atom. The predicted octanol–water partition coefficient (Wildman–Crippen LogP) is 7.54. The lowest BCUT2D eigenvalue weighted by Gasteiger charge is -2.25. The maximum absolute atomic E-state index is 9.82. The van der Waals surface area contributed by atoms with Crippen molar-refractivity contribution >= 4 is 0 Å². The van der Waals surface area contributed by atoms with Gasteiger partial charge in [0.15, 0.2) is 0 Å². The van der Waals surface area contributed by atoms with Crippen molar-refractivity contribution in [3.63, 3.8) is 0 Å². The standard InChI is InChI=1S/C28H32O/c1-7-28(5,6)20-11-15-23-22-14-10-19(27(2,3)4)16-24(22)26(25(23)17-20)18-8-12-21(29)13-9-18/h8-17,26,29H,7H2,1-6H3. The Kier molecular flexibility index (Phi) is 4.61. The van der Waals surface area contributed by atoms with Crippen LogP contribution < -0.4 is 0 Å². The van der Waals surface area contributed by atoms with Gasteiger partial charge in [-0.2, -0.15) is 0 Å². The van der Waals surface area contributed by atoms with Crippen LogP contribution in [0.3, 0.4) is 0 Å². The van der Waals surface area contributed by atoms with E-state index in [4.69, 9.17) is 0 Å². The fourth-order valence-electron chi connectivity index (χ4n) is 4.38. The molecule has 1 heteroatoms. The number of fused-ring (bicyclic) bond motifs is 3. The second kappa shape index (κ2) is 6.76. The molecule has 0 radical (unpaired) electrons. The van der Waals surface area contributed by atoms with Crippen molar-refractivity contribution in [1.29, 1.82) is 0 Å². The van der Waals surface area contributed by atoms with E-state index in [0.717, 1.165) is 6.42 Å². The first-order chi connectivity index (χ1) is 13.6. The molecule has 3 aromatic carbocycles. The predicted molar refractivity (Wildman–Crippen MR) is 123 cm³/mol. The van der Waals surface area contributed by atoms with E-state index in [1.54, 1.807) is 12.1 Å². The fraction of sp³-hybridized carbons (Fsp3) is 0.357. The van der Waals surface area contributed by atoms with E-state index in [1.165, 1.54) is 38.9 Å². The van der Waals surface area contributed by atoms with Crippen LogP contribution in [-0.2, 0) is 10.8 Å². The molecule has 0 saturated heterocycles. The molecule has 0 bridgehead atoms. The van der Waals surface area contributed by atoms with E-state index in [9.17, 15) is 5.11 Å². The van der Waals surface area contributed by atoms with Gasteiger partial charge < -0.3 is 5.11 Å². The first-order valence-corrected chi connectivity index (χ1v) is 10.7. The van der Waals surface area contributed by atoms with Crippen LogP contribution in [-0.4, -0.2) is 5.11 Å². The van der Waals surface area contributed by atoms with Gasteiger partial charge in [-0.1, -0.05) is 90.1 Å². The highest BCUT2D eigenvalue weighted by molar-refractivity contribution is 5.81. The summed E-state index contributed by atoms with van der Waals surface area (Å²) in [4.78, 5) is 0. The van der Waals surface area contributed by atoms with Crippen LogP contribution in [0.25, 0.3) is 11.1 Å². The highest BCUT2D eigenvalue weighted by Gasteiger charge is 2.32. The number of aromatic hydroxyl groups is 1. The molecular weight excluding hydrogens is 352 g/mol. The van der Waals surface area contributed by atoms with Crippen LogP contribution in [0.2, 0.25) is 0 Å². The highest BCUT2D eigenvalue weighted by Crippen LogP contribution is 2.50. The zero-order valence-electron chi connectivity index (χ0n) is 18.5. The molecule has 0 aliphatic heterocycles. The van der Waals surface area contributed by atoms with Gasteiger partial charge in [0.1, 0.15) is 5.75 Å². The third-order valence-corrected chi connectivity index (χ3v) is 6.77. The second-order valence-corrected chi connectivity index (χ2v) is 10.1. The third-order valence-electron chi connectivity index (χ3n) is 6.77. The number of hydrogen-bond donors (Lipinski definition) is 1. The Bertz CT molecular complexity index is 1050. The Morgan fingerprint density at radius 1 is 0.724 bits per heavy atom. The quantitative estimate of drug-likeness (QED) is 0.387. The zero-order valence-corrected chi connectivity index (χ0v) is 18.5. The van der Waals surface area contributed by atoms with Crippen molar-refractivity contribution in [2.75, 3.05) is 0 Å². The molecular formula is C28H32O. The van der Waals surface area contributed by atoms with Gasteiger partial charge >= 0.3 is 0 Å². The number of hydrogen-bond acceptors (Lipinski definition) is 1. The Balaban J connectivity index is 1.95. The molecule has 1 N–H and O–H groups in total. The lowest BCUT2D eigenvalue weighted by Crippen LogP contribution is -2.16. The minimum absolute atomic E-state index is 0.110. The molecule has 1 atom stereocenters. The Hall–Kier alpha value is -2.54. The first-order valence-electron chi connectivity index (χ1n) is 10.7. The van der Waals surface area contributed by atoms with Gasteiger partial charge in [-0.15, -0.1) is 0 Å². The third kappa shape index (κ3) is 3.37. The molecule has 1 aliphatic rings. The number of benzene rings is 3. The maximum atomic E-state index is 9.82. The molecule has 1 aliphatic carbocycles. The number of rotatable bonds is 3. The van der Waals surface area contributed by atoms with Crippen molar-refractivity contribution in [1.82, 2.24) is 0 Å². The molecule has 0 saturated carbocycles. The van der Waals surface area contributed by atoms with Gasteiger partial charge in [-0.25, -0.2) is 0 Å². The van der Waals surface area contributed by atoms with Crippen molar-refractivity contribution in [2.24, 2.45) is 0 Å². The Labute approximate surface area is 175 Å². The first kappa shape index (κ1) is 19.8. The SMILES string of the molecule is CCC(C)(C)c1ccc2c(c1)C(c1ccc(O)cc1)c1cc(C(C)(C)C)ccc1-2. The van der Waals surface area contributed by atoms with Crippen molar-refractivity contribution in [3.05, 3.63) is 88.5 Å². The molecule has 0 aromatic heterocycles. The second-order valence-electron chi connectivity index (χ2n) is 10.1. The number of phenols is 1. The molecule has 4 rings (SSSR count). The summed E-state index contributed by atoms with van der Waals surface area (Å²) in [5, 5.41) is 9.82. The highest BCUT2D eigenvalue weighted by atomic mass is 16.3. The molecule has 0 fully saturated rings. The van der Waals surface area contributed by atoms with Crippen LogP contribution >= 0.6 is 0 Å². The van der Waals surface area contributed by atoms with Crippen molar-refractivity contribution in [3.8, 4) is 16.9 Å². The fourth-order valence-corrected chi connectivity index (χ4v) is 4.38. The minimum Gasteiger partial charge on any atom is -0.508 e. The molecule has 3 aromatic rings.